The summed E-state index contributed by atoms with van der Waals surface area (Å²) in [5.41, 5.74) is 3.00. The lowest BCUT2D eigenvalue weighted by atomic mass is 10.1. The summed E-state index contributed by atoms with van der Waals surface area (Å²) in [6.45, 7) is -0.243. The van der Waals surface area contributed by atoms with Crippen molar-refractivity contribution >= 4 is 29.4 Å². The predicted octanol–water partition coefficient (Wildman–Crippen LogP) is 4.04. The van der Waals surface area contributed by atoms with Crippen LogP contribution in [-0.4, -0.2) is 23.7 Å². The highest BCUT2D eigenvalue weighted by atomic mass is 35.5. The van der Waals surface area contributed by atoms with E-state index in [0.717, 1.165) is 0 Å². The van der Waals surface area contributed by atoms with E-state index in [1.54, 1.807) is 48.5 Å². The Morgan fingerprint density at radius 3 is 2.64 bits per heavy atom. The summed E-state index contributed by atoms with van der Waals surface area (Å²) in [5, 5.41) is 14.9. The van der Waals surface area contributed by atoms with Gasteiger partial charge >= 0.3 is 0 Å². The van der Waals surface area contributed by atoms with Crippen LogP contribution in [0.3, 0.4) is 0 Å². The van der Waals surface area contributed by atoms with E-state index in [-0.39, 0.29) is 12.3 Å². The Kier molecular flexibility index (Phi) is 6.03. The molecule has 0 saturated carbocycles. The van der Waals surface area contributed by atoms with Gasteiger partial charge < -0.3 is 9.15 Å². The van der Waals surface area contributed by atoms with Crippen molar-refractivity contribution in [2.75, 3.05) is 6.61 Å². The van der Waals surface area contributed by atoms with E-state index in [9.17, 15) is 14.9 Å². The fourth-order valence-corrected chi connectivity index (χ4v) is 2.42. The number of hydrogen-bond acceptors (Lipinski definition) is 6. The second-order valence-electron chi connectivity index (χ2n) is 5.52. The third-order valence-corrected chi connectivity index (χ3v) is 3.88. The Labute approximate surface area is 164 Å². The molecule has 0 spiro atoms. The quantitative estimate of drug-likeness (QED) is 0.366. The summed E-state index contributed by atoms with van der Waals surface area (Å²) in [6.07, 6.45) is 1.34. The maximum absolute atomic E-state index is 11.8. The minimum atomic E-state index is -0.470. The maximum atomic E-state index is 11.8. The van der Waals surface area contributed by atoms with Crippen molar-refractivity contribution in [1.29, 1.82) is 0 Å². The third-order valence-electron chi connectivity index (χ3n) is 3.57. The number of carbonyl (C=O) groups excluding carboxylic acids is 1. The number of nitrogens with one attached hydrogen (secondary N) is 1. The fraction of sp³-hybridized carbons (Fsp3) is 0.0526. The largest absolute Gasteiger partial charge is 0.482 e. The summed E-state index contributed by atoms with van der Waals surface area (Å²) in [4.78, 5) is 22.0. The topological polar surface area (TPSA) is 107 Å². The van der Waals surface area contributed by atoms with Crippen LogP contribution >= 0.6 is 11.6 Å². The average Bonchev–Trinajstić information content (AvgIpc) is 3.16. The predicted molar refractivity (Wildman–Crippen MR) is 103 cm³/mol. The Bertz CT molecular complexity index is 1010. The van der Waals surface area contributed by atoms with Gasteiger partial charge in [0.25, 0.3) is 11.6 Å². The summed E-state index contributed by atoms with van der Waals surface area (Å²) in [5.74, 6) is 0.866. The Morgan fingerprint density at radius 1 is 1.18 bits per heavy atom. The first-order valence-corrected chi connectivity index (χ1v) is 8.44. The van der Waals surface area contributed by atoms with Crippen LogP contribution < -0.4 is 10.2 Å². The number of hydrogen-bond donors (Lipinski definition) is 1. The molecule has 142 valence electrons. The van der Waals surface area contributed by atoms with Crippen LogP contribution in [0.4, 0.5) is 5.69 Å². The normalized spacial score (nSPS) is 10.8. The molecule has 0 saturated heterocycles. The number of benzene rings is 2. The molecule has 1 amide bonds. The van der Waals surface area contributed by atoms with Crippen LogP contribution in [0, 0.1) is 10.1 Å². The molecule has 3 rings (SSSR count). The average molecular weight is 400 g/mol. The third kappa shape index (κ3) is 4.95. The van der Waals surface area contributed by atoms with Crippen molar-refractivity contribution in [2.24, 2.45) is 5.10 Å². The number of nitrogens with zero attached hydrogens (tertiary/aromatic N) is 2. The first kappa shape index (κ1) is 19.1. The van der Waals surface area contributed by atoms with E-state index in [2.05, 4.69) is 10.5 Å². The summed E-state index contributed by atoms with van der Waals surface area (Å²) in [6, 6.07) is 16.1. The molecule has 0 unspecified atom stereocenters. The molecule has 9 heteroatoms. The lowest BCUT2D eigenvalue weighted by molar-refractivity contribution is -0.384. The number of nitro groups is 1. The molecular weight excluding hydrogens is 386 g/mol. The van der Waals surface area contributed by atoms with Crippen molar-refractivity contribution < 1.29 is 18.9 Å². The van der Waals surface area contributed by atoms with Crippen molar-refractivity contribution in [3.05, 3.63) is 81.6 Å². The fourth-order valence-electron chi connectivity index (χ4n) is 2.23. The van der Waals surface area contributed by atoms with Gasteiger partial charge in [0.2, 0.25) is 0 Å². The van der Waals surface area contributed by atoms with Crippen molar-refractivity contribution in [2.45, 2.75) is 0 Å². The van der Waals surface area contributed by atoms with Crippen molar-refractivity contribution in [3.63, 3.8) is 0 Å². The van der Waals surface area contributed by atoms with E-state index >= 15 is 0 Å². The molecule has 3 aromatic rings. The number of hydrazone groups is 1. The number of halogens is 1. The molecule has 0 aliphatic rings. The lowest BCUT2D eigenvalue weighted by Gasteiger charge is -2.06. The first-order valence-electron chi connectivity index (χ1n) is 8.07. The minimum Gasteiger partial charge on any atom is -0.482 e. The second-order valence-corrected chi connectivity index (χ2v) is 5.93. The SMILES string of the molecule is O=C(COc1ccccc1Cl)N/N=C/c1ccc(-c2ccc([N+](=O)[O-])cc2)o1. The number of amides is 1. The highest BCUT2D eigenvalue weighted by Crippen LogP contribution is 2.24. The van der Waals surface area contributed by atoms with Gasteiger partial charge in [-0.05, 0) is 36.4 Å². The standard InChI is InChI=1S/C19H14ClN3O5/c20-16-3-1-2-4-18(16)27-12-19(24)22-21-11-15-9-10-17(28-15)13-5-7-14(8-6-13)23(25)26/h1-11H,12H2,(H,22,24)/b21-11+. The lowest BCUT2D eigenvalue weighted by Crippen LogP contribution is -2.24. The minimum absolute atomic E-state index is 0.00110. The van der Waals surface area contributed by atoms with Gasteiger partial charge in [0.05, 0.1) is 16.2 Å². The van der Waals surface area contributed by atoms with E-state index in [1.807, 2.05) is 0 Å². The van der Waals surface area contributed by atoms with Crippen LogP contribution in [0.15, 0.2) is 70.2 Å². The molecule has 8 nitrogen and oxygen atoms in total. The zero-order valence-corrected chi connectivity index (χ0v) is 15.1. The number of nitro benzene ring substituents is 1. The molecule has 1 heterocycles. The van der Waals surface area contributed by atoms with Gasteiger partial charge in [-0.1, -0.05) is 23.7 Å². The van der Waals surface area contributed by atoms with E-state index in [0.29, 0.717) is 27.9 Å². The molecule has 0 atom stereocenters. The number of rotatable bonds is 7. The van der Waals surface area contributed by atoms with Crippen molar-refractivity contribution in [1.82, 2.24) is 5.43 Å². The molecule has 0 fully saturated rings. The van der Waals surface area contributed by atoms with Crippen LogP contribution in [0.2, 0.25) is 5.02 Å². The van der Waals surface area contributed by atoms with Crippen LogP contribution in [0.5, 0.6) is 5.75 Å². The molecule has 1 N–H and O–H groups in total. The number of non-ortho nitro benzene ring substituents is 1. The van der Waals surface area contributed by atoms with Gasteiger partial charge in [-0.2, -0.15) is 5.10 Å². The van der Waals surface area contributed by atoms with Gasteiger partial charge in [-0.15, -0.1) is 0 Å². The molecule has 0 radical (unpaired) electrons. The Balaban J connectivity index is 1.53. The molecule has 0 bridgehead atoms. The summed E-state index contributed by atoms with van der Waals surface area (Å²) < 4.78 is 10.9. The van der Waals surface area contributed by atoms with Gasteiger partial charge in [-0.25, -0.2) is 5.43 Å². The summed E-state index contributed by atoms with van der Waals surface area (Å²) >= 11 is 5.94. The zero-order chi connectivity index (χ0) is 19.9. The molecular formula is C19H14ClN3O5. The molecule has 2 aromatic carbocycles. The van der Waals surface area contributed by atoms with Crippen molar-refractivity contribution in [3.8, 4) is 17.1 Å². The van der Waals surface area contributed by atoms with Gasteiger partial charge in [0.1, 0.15) is 17.3 Å². The smallest absolute Gasteiger partial charge is 0.277 e. The number of carbonyl (C=O) groups is 1. The monoisotopic (exact) mass is 399 g/mol. The van der Waals surface area contributed by atoms with E-state index in [1.165, 1.54) is 18.3 Å². The first-order chi connectivity index (χ1) is 13.5. The highest BCUT2D eigenvalue weighted by molar-refractivity contribution is 6.32. The molecule has 0 aliphatic carbocycles. The zero-order valence-electron chi connectivity index (χ0n) is 14.4. The molecule has 28 heavy (non-hydrogen) atoms. The molecule has 0 aliphatic heterocycles. The second kappa shape index (κ2) is 8.83. The Morgan fingerprint density at radius 2 is 1.93 bits per heavy atom. The van der Waals surface area contributed by atoms with Crippen LogP contribution in [-0.2, 0) is 4.79 Å². The van der Waals surface area contributed by atoms with Crippen LogP contribution in [0.25, 0.3) is 11.3 Å². The number of ether oxygens (including phenoxy) is 1. The van der Waals surface area contributed by atoms with Gasteiger partial charge in [-0.3, -0.25) is 14.9 Å². The number of para-hydroxylation sites is 1. The highest BCUT2D eigenvalue weighted by Gasteiger charge is 2.08. The number of furan rings is 1. The Hall–Kier alpha value is -3.65. The van der Waals surface area contributed by atoms with Crippen LogP contribution in [0.1, 0.15) is 5.76 Å². The maximum Gasteiger partial charge on any atom is 0.277 e. The molecule has 1 aromatic heterocycles. The van der Waals surface area contributed by atoms with Gasteiger partial charge in [0.15, 0.2) is 6.61 Å². The van der Waals surface area contributed by atoms with Gasteiger partial charge in [0, 0.05) is 17.7 Å². The van der Waals surface area contributed by atoms with E-state index in [4.69, 9.17) is 20.8 Å². The van der Waals surface area contributed by atoms with E-state index < -0.39 is 10.8 Å². The summed E-state index contributed by atoms with van der Waals surface area (Å²) in [7, 11) is 0.